The number of anilines is 1. The fourth-order valence-corrected chi connectivity index (χ4v) is 2.65. The van der Waals surface area contributed by atoms with Crippen molar-refractivity contribution in [2.75, 3.05) is 5.73 Å². The molecule has 0 aliphatic carbocycles. The molecule has 0 unspecified atom stereocenters. The first-order valence-electron chi connectivity index (χ1n) is 9.35. The number of unbranched alkanes of at least 4 members (excludes halogenated alkanes) is 2. The molecule has 2 rings (SSSR count). The lowest BCUT2D eigenvalue weighted by Gasteiger charge is -2.08. The van der Waals surface area contributed by atoms with Gasteiger partial charge in [0.15, 0.2) is 0 Å². The van der Waals surface area contributed by atoms with E-state index in [0.717, 1.165) is 18.5 Å². The second-order valence-corrected chi connectivity index (χ2v) is 6.26. The number of aryl methyl sites for hydroxylation is 1. The van der Waals surface area contributed by atoms with Gasteiger partial charge >= 0.3 is 0 Å². The topological polar surface area (TPSA) is 26.0 Å². The highest BCUT2D eigenvalue weighted by molar-refractivity contribution is 5.65. The Labute approximate surface area is 154 Å². The van der Waals surface area contributed by atoms with Crippen molar-refractivity contribution in [1.82, 2.24) is 0 Å². The van der Waals surface area contributed by atoms with Crippen LogP contribution < -0.4 is 5.73 Å². The van der Waals surface area contributed by atoms with E-state index < -0.39 is 0 Å². The first-order chi connectivity index (χ1) is 12.1. The third-order valence-electron chi connectivity index (χ3n) is 4.24. The van der Waals surface area contributed by atoms with Gasteiger partial charge in [-0.1, -0.05) is 75.4 Å². The molecule has 0 saturated carbocycles. The van der Waals surface area contributed by atoms with Gasteiger partial charge < -0.3 is 5.73 Å². The molecule has 1 heteroatoms. The lowest BCUT2D eigenvalue weighted by Crippen LogP contribution is -1.88. The van der Waals surface area contributed by atoms with Crippen molar-refractivity contribution in [2.24, 2.45) is 0 Å². The molecule has 0 radical (unpaired) electrons. The molecule has 0 fully saturated rings. The van der Waals surface area contributed by atoms with E-state index in [1.165, 1.54) is 47.1 Å². The minimum Gasteiger partial charge on any atom is -0.399 e. The minimum atomic E-state index is 0.802. The largest absolute Gasteiger partial charge is 0.399 e. The molecule has 0 aromatic heterocycles. The zero-order chi connectivity index (χ0) is 18.7. The standard InChI is InChI=1S/C22H27N.C2H6/c1-17-9-11-20(12-10-17)18(2)7-5-4-6-8-19(3)21-13-15-22(23)16-14-21;1-2/h9-16H,2-8,23H2,1H3;1-2H3. The molecular formula is C24H33N. The van der Waals surface area contributed by atoms with E-state index in [0.29, 0.717) is 0 Å². The maximum atomic E-state index is 5.71. The molecule has 2 aromatic rings. The molecule has 134 valence electrons. The highest BCUT2D eigenvalue weighted by Crippen LogP contribution is 2.23. The molecule has 0 heterocycles. The third-order valence-corrected chi connectivity index (χ3v) is 4.24. The molecule has 0 bridgehead atoms. The van der Waals surface area contributed by atoms with E-state index in [4.69, 9.17) is 5.73 Å². The van der Waals surface area contributed by atoms with E-state index in [2.05, 4.69) is 56.5 Å². The Morgan fingerprint density at radius 3 is 1.56 bits per heavy atom. The summed E-state index contributed by atoms with van der Waals surface area (Å²) in [4.78, 5) is 0. The molecule has 1 nitrogen and oxygen atoms in total. The van der Waals surface area contributed by atoms with Gasteiger partial charge in [-0.05, 0) is 67.0 Å². The van der Waals surface area contributed by atoms with Crippen LogP contribution in [0.4, 0.5) is 5.69 Å². The van der Waals surface area contributed by atoms with E-state index in [-0.39, 0.29) is 0 Å². The number of hydrogen-bond acceptors (Lipinski definition) is 1. The second kappa shape index (κ2) is 11.3. The lowest BCUT2D eigenvalue weighted by molar-refractivity contribution is 0.707. The Morgan fingerprint density at radius 1 is 0.720 bits per heavy atom. The molecule has 2 N–H and O–H groups in total. The number of benzene rings is 2. The molecule has 2 aromatic carbocycles. The van der Waals surface area contributed by atoms with Gasteiger partial charge in [0.2, 0.25) is 0 Å². The van der Waals surface area contributed by atoms with Crippen molar-refractivity contribution in [1.29, 1.82) is 0 Å². The van der Waals surface area contributed by atoms with E-state index >= 15 is 0 Å². The van der Waals surface area contributed by atoms with Gasteiger partial charge in [0.1, 0.15) is 0 Å². The molecule has 25 heavy (non-hydrogen) atoms. The summed E-state index contributed by atoms with van der Waals surface area (Å²) in [5.41, 5.74) is 12.7. The third kappa shape index (κ3) is 7.43. The summed E-state index contributed by atoms with van der Waals surface area (Å²) in [6, 6.07) is 16.6. The fraction of sp³-hybridized carbons (Fsp3) is 0.333. The van der Waals surface area contributed by atoms with Gasteiger partial charge in [-0.25, -0.2) is 0 Å². The van der Waals surface area contributed by atoms with Crippen LogP contribution in [0.15, 0.2) is 61.7 Å². The van der Waals surface area contributed by atoms with E-state index in [1.807, 2.05) is 26.0 Å². The van der Waals surface area contributed by atoms with E-state index in [9.17, 15) is 0 Å². The Balaban J connectivity index is 0.00000151. The summed E-state index contributed by atoms with van der Waals surface area (Å²) >= 11 is 0. The monoisotopic (exact) mass is 335 g/mol. The SMILES string of the molecule is C=C(CCCCCC(=C)c1ccc(N)cc1)c1ccc(C)cc1.CC. The van der Waals surface area contributed by atoms with Crippen molar-refractivity contribution in [3.8, 4) is 0 Å². The summed E-state index contributed by atoms with van der Waals surface area (Å²) in [5, 5.41) is 0. The van der Waals surface area contributed by atoms with Crippen molar-refractivity contribution in [3.05, 3.63) is 78.4 Å². The predicted molar refractivity (Wildman–Crippen MR) is 115 cm³/mol. The average Bonchev–Trinajstić information content (AvgIpc) is 2.64. The van der Waals surface area contributed by atoms with Crippen LogP contribution in [0.25, 0.3) is 11.1 Å². The van der Waals surface area contributed by atoms with Crippen LogP contribution in [0, 0.1) is 6.92 Å². The Kier molecular flexibility index (Phi) is 9.39. The van der Waals surface area contributed by atoms with Crippen molar-refractivity contribution < 1.29 is 0 Å². The zero-order valence-electron chi connectivity index (χ0n) is 16.1. The number of hydrogen-bond donors (Lipinski definition) is 1. The highest BCUT2D eigenvalue weighted by atomic mass is 14.5. The Morgan fingerprint density at radius 2 is 1.12 bits per heavy atom. The lowest BCUT2D eigenvalue weighted by atomic mass is 9.98. The van der Waals surface area contributed by atoms with Crippen molar-refractivity contribution in [2.45, 2.75) is 52.9 Å². The Bertz CT molecular complexity index is 588. The van der Waals surface area contributed by atoms with Gasteiger partial charge in [0.25, 0.3) is 0 Å². The van der Waals surface area contributed by atoms with Gasteiger partial charge in [0.05, 0.1) is 0 Å². The maximum absolute atomic E-state index is 5.71. The summed E-state index contributed by atoms with van der Waals surface area (Å²) in [6.07, 6.45) is 5.67. The quantitative estimate of drug-likeness (QED) is 0.398. The van der Waals surface area contributed by atoms with Crippen molar-refractivity contribution >= 4 is 16.8 Å². The number of rotatable bonds is 8. The molecule has 0 saturated heterocycles. The van der Waals surface area contributed by atoms with E-state index in [1.54, 1.807) is 0 Å². The number of nitrogen functional groups attached to an aromatic ring is 1. The normalized spacial score (nSPS) is 9.88. The van der Waals surface area contributed by atoms with Crippen LogP contribution in [0.3, 0.4) is 0 Å². The van der Waals surface area contributed by atoms with Crippen molar-refractivity contribution in [3.63, 3.8) is 0 Å². The Hall–Kier alpha value is -2.28. The number of allylic oxidation sites excluding steroid dienone is 2. The minimum absolute atomic E-state index is 0.802. The maximum Gasteiger partial charge on any atom is 0.0314 e. The predicted octanol–water partition coefficient (Wildman–Crippen LogP) is 7.28. The van der Waals surface area contributed by atoms with Gasteiger partial charge in [-0.2, -0.15) is 0 Å². The smallest absolute Gasteiger partial charge is 0.0314 e. The summed E-state index contributed by atoms with van der Waals surface area (Å²) in [6.45, 7) is 14.5. The van der Waals surface area contributed by atoms with Crippen LogP contribution in [-0.2, 0) is 0 Å². The first-order valence-corrected chi connectivity index (χ1v) is 9.35. The summed E-state index contributed by atoms with van der Waals surface area (Å²) in [5.74, 6) is 0. The van der Waals surface area contributed by atoms with Crippen LogP contribution >= 0.6 is 0 Å². The summed E-state index contributed by atoms with van der Waals surface area (Å²) < 4.78 is 0. The molecule has 0 spiro atoms. The molecule has 0 amide bonds. The first kappa shape index (κ1) is 20.8. The van der Waals surface area contributed by atoms with Gasteiger partial charge in [-0.3, -0.25) is 0 Å². The second-order valence-electron chi connectivity index (χ2n) is 6.26. The fourth-order valence-electron chi connectivity index (χ4n) is 2.65. The highest BCUT2D eigenvalue weighted by Gasteiger charge is 2.01. The van der Waals surface area contributed by atoms with Crippen LogP contribution in [0.5, 0.6) is 0 Å². The average molecular weight is 336 g/mol. The van der Waals surface area contributed by atoms with Gasteiger partial charge in [0, 0.05) is 5.69 Å². The van der Waals surface area contributed by atoms with Crippen LogP contribution in [0.2, 0.25) is 0 Å². The van der Waals surface area contributed by atoms with Crippen LogP contribution in [-0.4, -0.2) is 0 Å². The summed E-state index contributed by atoms with van der Waals surface area (Å²) in [7, 11) is 0. The zero-order valence-corrected chi connectivity index (χ0v) is 16.1. The molecule has 0 aliphatic rings. The van der Waals surface area contributed by atoms with Crippen LogP contribution in [0.1, 0.15) is 62.6 Å². The molecular weight excluding hydrogens is 302 g/mol. The molecule has 0 aliphatic heterocycles. The number of nitrogens with two attached hydrogens (primary N) is 1. The van der Waals surface area contributed by atoms with Gasteiger partial charge in [-0.15, -0.1) is 0 Å². The molecule has 0 atom stereocenters.